The van der Waals surface area contributed by atoms with Gasteiger partial charge in [0.25, 0.3) is 5.91 Å². The fraction of sp³-hybridized carbons (Fsp3) is 0.348. The van der Waals surface area contributed by atoms with Crippen molar-refractivity contribution >= 4 is 23.5 Å². The van der Waals surface area contributed by atoms with Gasteiger partial charge >= 0.3 is 5.97 Å². The van der Waals surface area contributed by atoms with Crippen LogP contribution in [0.25, 0.3) is 0 Å². The number of aryl methyl sites for hydroxylation is 2. The van der Waals surface area contributed by atoms with Gasteiger partial charge in [-0.25, -0.2) is 0 Å². The Morgan fingerprint density at radius 3 is 2.62 bits per heavy atom. The largest absolute Gasteiger partial charge is 0.452 e. The van der Waals surface area contributed by atoms with Crippen LogP contribution < -0.4 is 5.32 Å². The number of esters is 1. The maximum atomic E-state index is 12.5. The molecule has 0 spiro atoms. The minimum Gasteiger partial charge on any atom is -0.452 e. The summed E-state index contributed by atoms with van der Waals surface area (Å²) in [4.78, 5) is 38.8. The highest BCUT2D eigenvalue weighted by atomic mass is 16.5. The van der Waals surface area contributed by atoms with Gasteiger partial charge in [0, 0.05) is 25.2 Å². The minimum atomic E-state index is -0.944. The van der Waals surface area contributed by atoms with Gasteiger partial charge in [0.1, 0.15) is 0 Å². The van der Waals surface area contributed by atoms with Crippen molar-refractivity contribution in [3.63, 3.8) is 0 Å². The first kappa shape index (κ1) is 20.6. The average molecular weight is 394 g/mol. The molecule has 2 amide bonds. The molecule has 0 aromatic heterocycles. The first-order valence-electron chi connectivity index (χ1n) is 9.74. The van der Waals surface area contributed by atoms with Crippen molar-refractivity contribution in [3.05, 3.63) is 65.2 Å². The second kappa shape index (κ2) is 8.90. The number of benzene rings is 2. The molecule has 1 aliphatic rings. The van der Waals surface area contributed by atoms with E-state index < -0.39 is 23.9 Å². The van der Waals surface area contributed by atoms with Gasteiger partial charge in [0.2, 0.25) is 5.91 Å². The Hall–Kier alpha value is -3.15. The van der Waals surface area contributed by atoms with E-state index in [1.807, 2.05) is 62.4 Å². The van der Waals surface area contributed by atoms with Crippen LogP contribution in [0.1, 0.15) is 30.0 Å². The maximum Gasteiger partial charge on any atom is 0.312 e. The third-order valence-corrected chi connectivity index (χ3v) is 5.08. The molecule has 1 saturated heterocycles. The van der Waals surface area contributed by atoms with E-state index in [0.717, 1.165) is 16.7 Å². The smallest absolute Gasteiger partial charge is 0.312 e. The van der Waals surface area contributed by atoms with Crippen molar-refractivity contribution in [3.8, 4) is 0 Å². The van der Waals surface area contributed by atoms with E-state index in [1.54, 1.807) is 4.90 Å². The number of likely N-dealkylation sites (tertiary alicyclic amines) is 1. The van der Waals surface area contributed by atoms with Crippen LogP contribution in [0.4, 0.5) is 5.69 Å². The molecule has 0 unspecified atom stereocenters. The van der Waals surface area contributed by atoms with Crippen molar-refractivity contribution in [2.75, 3.05) is 11.9 Å². The third kappa shape index (κ3) is 5.22. The third-order valence-electron chi connectivity index (χ3n) is 5.08. The average Bonchev–Trinajstić information content (AvgIpc) is 3.06. The van der Waals surface area contributed by atoms with Gasteiger partial charge in [-0.15, -0.1) is 0 Å². The highest BCUT2D eigenvalue weighted by Crippen LogP contribution is 2.22. The van der Waals surface area contributed by atoms with E-state index >= 15 is 0 Å². The summed E-state index contributed by atoms with van der Waals surface area (Å²) in [6.07, 6.45) is -0.836. The SMILES string of the molecule is Cc1ccc(C)c(NC(=O)[C@H](C)OC(=O)[C@@H]2CC(=O)N(Cc3ccccc3)C2)c1. The van der Waals surface area contributed by atoms with Crippen molar-refractivity contribution in [2.24, 2.45) is 5.92 Å². The molecule has 3 rings (SSSR count). The van der Waals surface area contributed by atoms with Crippen molar-refractivity contribution < 1.29 is 19.1 Å². The zero-order valence-electron chi connectivity index (χ0n) is 17.0. The van der Waals surface area contributed by atoms with Crippen LogP contribution in [0.15, 0.2) is 48.5 Å². The lowest BCUT2D eigenvalue weighted by Crippen LogP contribution is -2.33. The second-order valence-corrected chi connectivity index (χ2v) is 7.55. The number of nitrogens with one attached hydrogen (secondary N) is 1. The van der Waals surface area contributed by atoms with Crippen LogP contribution in [0.2, 0.25) is 0 Å². The Morgan fingerprint density at radius 1 is 1.17 bits per heavy atom. The predicted octanol–water partition coefficient (Wildman–Crippen LogP) is 3.22. The number of rotatable bonds is 6. The Morgan fingerprint density at radius 2 is 1.90 bits per heavy atom. The van der Waals surface area contributed by atoms with Gasteiger partial charge in [-0.3, -0.25) is 14.4 Å². The summed E-state index contributed by atoms with van der Waals surface area (Å²) in [6.45, 7) is 6.15. The van der Waals surface area contributed by atoms with Crippen molar-refractivity contribution in [1.29, 1.82) is 0 Å². The normalized spacial score (nSPS) is 17.1. The number of anilines is 1. The zero-order chi connectivity index (χ0) is 21.0. The standard InChI is InChI=1S/C23H26N2O4/c1-15-9-10-16(2)20(11-15)24-22(27)17(3)29-23(28)19-12-21(26)25(14-19)13-18-7-5-4-6-8-18/h4-11,17,19H,12-14H2,1-3H3,(H,24,27)/t17-,19+/m0/s1. The molecule has 1 heterocycles. The number of nitrogens with zero attached hydrogens (tertiary/aromatic N) is 1. The van der Waals surface area contributed by atoms with Crippen LogP contribution in [0.5, 0.6) is 0 Å². The van der Waals surface area contributed by atoms with Crippen molar-refractivity contribution in [2.45, 2.75) is 39.8 Å². The Bertz CT molecular complexity index is 910. The molecular weight excluding hydrogens is 368 g/mol. The van der Waals surface area contributed by atoms with Crippen LogP contribution in [-0.4, -0.2) is 35.3 Å². The Labute approximate surface area is 170 Å². The number of hydrogen-bond acceptors (Lipinski definition) is 4. The van der Waals surface area contributed by atoms with Crippen LogP contribution >= 0.6 is 0 Å². The molecule has 29 heavy (non-hydrogen) atoms. The molecule has 0 aliphatic carbocycles. The lowest BCUT2D eigenvalue weighted by Gasteiger charge is -2.18. The molecule has 0 saturated carbocycles. The van der Waals surface area contributed by atoms with E-state index in [1.165, 1.54) is 6.92 Å². The highest BCUT2D eigenvalue weighted by molar-refractivity contribution is 5.96. The lowest BCUT2D eigenvalue weighted by molar-refractivity contribution is -0.157. The number of ether oxygens (including phenoxy) is 1. The molecule has 1 N–H and O–H groups in total. The molecule has 0 bridgehead atoms. The Kier molecular flexibility index (Phi) is 6.32. The summed E-state index contributed by atoms with van der Waals surface area (Å²) in [7, 11) is 0. The summed E-state index contributed by atoms with van der Waals surface area (Å²) < 4.78 is 5.36. The fourth-order valence-corrected chi connectivity index (χ4v) is 3.32. The zero-order valence-corrected chi connectivity index (χ0v) is 17.0. The molecule has 1 aliphatic heterocycles. The molecule has 6 heteroatoms. The summed E-state index contributed by atoms with van der Waals surface area (Å²) >= 11 is 0. The van der Waals surface area contributed by atoms with Crippen LogP contribution in [0, 0.1) is 19.8 Å². The van der Waals surface area contributed by atoms with E-state index in [0.29, 0.717) is 18.8 Å². The van der Waals surface area contributed by atoms with Crippen LogP contribution in [-0.2, 0) is 25.7 Å². The topological polar surface area (TPSA) is 75.7 Å². The van der Waals surface area contributed by atoms with E-state index in [2.05, 4.69) is 5.32 Å². The van der Waals surface area contributed by atoms with Gasteiger partial charge in [-0.1, -0.05) is 42.5 Å². The van der Waals surface area contributed by atoms with E-state index in [4.69, 9.17) is 4.74 Å². The highest BCUT2D eigenvalue weighted by Gasteiger charge is 2.36. The predicted molar refractivity (Wildman–Crippen MR) is 110 cm³/mol. The first-order valence-corrected chi connectivity index (χ1v) is 9.74. The summed E-state index contributed by atoms with van der Waals surface area (Å²) in [5.74, 6) is -1.54. The first-order chi connectivity index (χ1) is 13.8. The molecule has 0 radical (unpaired) electrons. The lowest BCUT2D eigenvalue weighted by atomic mass is 10.1. The molecule has 1 fully saturated rings. The number of hydrogen-bond donors (Lipinski definition) is 1. The number of amides is 2. The monoisotopic (exact) mass is 394 g/mol. The van der Waals surface area contributed by atoms with Gasteiger partial charge in [0.15, 0.2) is 6.10 Å². The Balaban J connectivity index is 1.54. The van der Waals surface area contributed by atoms with Gasteiger partial charge in [-0.05, 0) is 43.5 Å². The number of carbonyl (C=O) groups excluding carboxylic acids is 3. The molecule has 2 aromatic carbocycles. The molecule has 2 atom stereocenters. The molecule has 2 aromatic rings. The van der Waals surface area contributed by atoms with Crippen LogP contribution in [0.3, 0.4) is 0 Å². The fourth-order valence-electron chi connectivity index (χ4n) is 3.32. The summed E-state index contributed by atoms with van der Waals surface area (Å²) in [5.41, 5.74) is 3.66. The quantitative estimate of drug-likeness (QED) is 0.764. The second-order valence-electron chi connectivity index (χ2n) is 7.55. The van der Waals surface area contributed by atoms with Gasteiger partial charge in [0.05, 0.1) is 5.92 Å². The number of carbonyl (C=O) groups is 3. The van der Waals surface area contributed by atoms with Gasteiger partial charge < -0.3 is 15.0 Å². The van der Waals surface area contributed by atoms with Crippen molar-refractivity contribution in [1.82, 2.24) is 4.90 Å². The molecular formula is C23H26N2O4. The van der Waals surface area contributed by atoms with Gasteiger partial charge in [-0.2, -0.15) is 0 Å². The summed E-state index contributed by atoms with van der Waals surface area (Å²) in [5, 5.41) is 2.80. The summed E-state index contributed by atoms with van der Waals surface area (Å²) in [6, 6.07) is 15.4. The van der Waals surface area contributed by atoms with E-state index in [9.17, 15) is 14.4 Å². The van der Waals surface area contributed by atoms with E-state index in [-0.39, 0.29) is 12.3 Å². The molecule has 6 nitrogen and oxygen atoms in total. The molecule has 152 valence electrons. The maximum absolute atomic E-state index is 12.5. The minimum absolute atomic E-state index is 0.0803.